The first-order valence-corrected chi connectivity index (χ1v) is 7.00. The number of carbonyl (C=O) groups is 1. The largest absolute Gasteiger partial charge is 0.439 e. The second kappa shape index (κ2) is 6.65. The van der Waals surface area contributed by atoms with Crippen LogP contribution in [0.15, 0.2) is 61.1 Å². The topological polar surface area (TPSA) is 77.0 Å². The molecule has 0 aliphatic rings. The Hall–Kier alpha value is -3.28. The van der Waals surface area contributed by atoms with E-state index in [9.17, 15) is 4.79 Å². The van der Waals surface area contributed by atoms with Crippen molar-refractivity contribution in [3.8, 4) is 11.6 Å². The number of hydrogen-bond donors (Lipinski definition) is 1. The van der Waals surface area contributed by atoms with E-state index in [-0.39, 0.29) is 11.6 Å². The minimum absolute atomic E-state index is 0.248. The van der Waals surface area contributed by atoms with Crippen LogP contribution in [0.25, 0.3) is 0 Å². The Morgan fingerprint density at radius 3 is 2.61 bits per heavy atom. The number of amides is 1. The van der Waals surface area contributed by atoms with Gasteiger partial charge in [0, 0.05) is 24.1 Å². The van der Waals surface area contributed by atoms with Gasteiger partial charge in [0.15, 0.2) is 0 Å². The highest BCUT2D eigenvalue weighted by molar-refractivity contribution is 6.02. The number of aromatic nitrogens is 3. The van der Waals surface area contributed by atoms with Crippen molar-refractivity contribution < 1.29 is 9.53 Å². The summed E-state index contributed by atoms with van der Waals surface area (Å²) in [5, 5.41) is 2.74. The highest BCUT2D eigenvalue weighted by Gasteiger charge is 2.09. The van der Waals surface area contributed by atoms with Gasteiger partial charge in [-0.3, -0.25) is 9.78 Å². The third kappa shape index (κ3) is 3.88. The zero-order chi connectivity index (χ0) is 16.1. The molecule has 0 atom stereocenters. The normalized spacial score (nSPS) is 10.1. The lowest BCUT2D eigenvalue weighted by atomic mass is 10.3. The van der Waals surface area contributed by atoms with Crippen molar-refractivity contribution in [2.75, 3.05) is 5.32 Å². The maximum atomic E-state index is 12.1. The number of nitrogens with one attached hydrogen (secondary N) is 1. The molecular weight excluding hydrogens is 292 g/mol. The maximum absolute atomic E-state index is 12.1. The number of rotatable bonds is 4. The summed E-state index contributed by atoms with van der Waals surface area (Å²) in [6.07, 6.45) is 4.55. The summed E-state index contributed by atoms with van der Waals surface area (Å²) < 4.78 is 5.63. The predicted molar refractivity (Wildman–Crippen MR) is 85.5 cm³/mol. The Morgan fingerprint density at radius 1 is 1.04 bits per heavy atom. The van der Waals surface area contributed by atoms with Crippen LogP contribution >= 0.6 is 0 Å². The monoisotopic (exact) mass is 306 g/mol. The lowest BCUT2D eigenvalue weighted by molar-refractivity contribution is 0.102. The summed E-state index contributed by atoms with van der Waals surface area (Å²) >= 11 is 0. The van der Waals surface area contributed by atoms with Gasteiger partial charge in [-0.15, -0.1) is 0 Å². The van der Waals surface area contributed by atoms with Gasteiger partial charge in [-0.25, -0.2) is 9.97 Å². The van der Waals surface area contributed by atoms with Crippen LogP contribution in [0.2, 0.25) is 0 Å². The van der Waals surface area contributed by atoms with E-state index in [1.165, 1.54) is 6.20 Å². The van der Waals surface area contributed by atoms with E-state index in [0.29, 0.717) is 17.3 Å². The molecule has 6 heteroatoms. The van der Waals surface area contributed by atoms with Crippen LogP contribution in [0.4, 0.5) is 5.69 Å². The van der Waals surface area contributed by atoms with Crippen molar-refractivity contribution >= 4 is 11.6 Å². The van der Waals surface area contributed by atoms with Crippen LogP contribution < -0.4 is 10.1 Å². The number of pyridine rings is 1. The Labute approximate surface area is 133 Å². The fourth-order valence-electron chi connectivity index (χ4n) is 1.86. The Bertz CT molecular complexity index is 804. The molecule has 0 unspecified atom stereocenters. The first-order valence-electron chi connectivity index (χ1n) is 7.00. The van der Waals surface area contributed by atoms with Gasteiger partial charge < -0.3 is 10.1 Å². The van der Waals surface area contributed by atoms with Crippen molar-refractivity contribution in [2.24, 2.45) is 0 Å². The van der Waals surface area contributed by atoms with E-state index >= 15 is 0 Å². The number of hydrogen-bond acceptors (Lipinski definition) is 5. The van der Waals surface area contributed by atoms with Crippen molar-refractivity contribution in [3.63, 3.8) is 0 Å². The zero-order valence-electron chi connectivity index (χ0n) is 12.4. The molecule has 0 fully saturated rings. The third-order valence-corrected chi connectivity index (χ3v) is 2.97. The highest BCUT2D eigenvalue weighted by atomic mass is 16.5. The minimum atomic E-state index is -0.339. The van der Waals surface area contributed by atoms with Crippen molar-refractivity contribution in [2.45, 2.75) is 6.92 Å². The molecule has 1 N–H and O–H groups in total. The predicted octanol–water partition coefficient (Wildman–Crippen LogP) is 3.22. The van der Waals surface area contributed by atoms with E-state index in [1.807, 2.05) is 37.3 Å². The molecule has 3 rings (SSSR count). The molecule has 2 aromatic heterocycles. The van der Waals surface area contributed by atoms with Gasteiger partial charge in [-0.1, -0.05) is 18.2 Å². The van der Waals surface area contributed by atoms with Crippen LogP contribution in [-0.4, -0.2) is 20.9 Å². The Balaban J connectivity index is 1.72. The molecule has 2 heterocycles. The summed E-state index contributed by atoms with van der Waals surface area (Å²) in [6, 6.07) is 12.6. The van der Waals surface area contributed by atoms with Crippen LogP contribution in [0.3, 0.4) is 0 Å². The SMILES string of the molecule is Cc1cnc(C(=O)Nc2ccnc(Oc3ccccc3)c2)cn1. The van der Waals surface area contributed by atoms with Gasteiger partial charge in [-0.2, -0.15) is 0 Å². The molecule has 0 aliphatic carbocycles. The zero-order valence-corrected chi connectivity index (χ0v) is 12.4. The van der Waals surface area contributed by atoms with Gasteiger partial charge in [0.2, 0.25) is 5.88 Å². The number of aryl methyl sites for hydroxylation is 1. The molecule has 0 saturated carbocycles. The fourth-order valence-corrected chi connectivity index (χ4v) is 1.86. The van der Waals surface area contributed by atoms with Crippen LogP contribution in [0.5, 0.6) is 11.6 Å². The molecule has 114 valence electrons. The molecule has 1 amide bonds. The lowest BCUT2D eigenvalue weighted by Gasteiger charge is -2.07. The standard InChI is InChI=1S/C17H14N4O2/c1-12-10-20-15(11-19-12)17(22)21-13-7-8-18-16(9-13)23-14-5-3-2-4-6-14/h2-11H,1H3,(H,18,21,22). The Morgan fingerprint density at radius 2 is 1.87 bits per heavy atom. The summed E-state index contributed by atoms with van der Waals surface area (Å²) in [6.45, 7) is 1.81. The minimum Gasteiger partial charge on any atom is -0.439 e. The molecule has 0 radical (unpaired) electrons. The van der Waals surface area contributed by atoms with Crippen molar-refractivity contribution in [1.29, 1.82) is 0 Å². The number of nitrogens with zero attached hydrogens (tertiary/aromatic N) is 3. The first kappa shape index (κ1) is 14.6. The lowest BCUT2D eigenvalue weighted by Crippen LogP contribution is -2.14. The summed E-state index contributed by atoms with van der Waals surface area (Å²) in [5.41, 5.74) is 1.57. The number of ether oxygens (including phenoxy) is 1. The fraction of sp³-hybridized carbons (Fsp3) is 0.0588. The summed E-state index contributed by atoms with van der Waals surface area (Å²) in [5.74, 6) is 0.728. The van der Waals surface area contributed by atoms with E-state index in [4.69, 9.17) is 4.74 Å². The first-order chi connectivity index (χ1) is 11.2. The average molecular weight is 306 g/mol. The molecule has 3 aromatic rings. The summed E-state index contributed by atoms with van der Waals surface area (Å²) in [4.78, 5) is 24.3. The Kier molecular flexibility index (Phi) is 4.24. The molecular formula is C17H14N4O2. The van der Waals surface area contributed by atoms with Gasteiger partial charge >= 0.3 is 0 Å². The smallest absolute Gasteiger partial charge is 0.275 e. The van der Waals surface area contributed by atoms with E-state index in [0.717, 1.165) is 5.69 Å². The molecule has 0 bridgehead atoms. The summed E-state index contributed by atoms with van der Waals surface area (Å²) in [7, 11) is 0. The highest BCUT2D eigenvalue weighted by Crippen LogP contribution is 2.21. The number of carbonyl (C=O) groups excluding carboxylic acids is 1. The van der Waals surface area contributed by atoms with Crippen LogP contribution in [0, 0.1) is 6.92 Å². The van der Waals surface area contributed by atoms with Crippen molar-refractivity contribution in [1.82, 2.24) is 15.0 Å². The van der Waals surface area contributed by atoms with E-state index < -0.39 is 0 Å². The maximum Gasteiger partial charge on any atom is 0.275 e. The molecule has 1 aromatic carbocycles. The van der Waals surface area contributed by atoms with Crippen LogP contribution in [-0.2, 0) is 0 Å². The molecule has 0 spiro atoms. The van der Waals surface area contributed by atoms with E-state index in [1.54, 1.807) is 24.5 Å². The number of benzene rings is 1. The van der Waals surface area contributed by atoms with Gasteiger partial charge in [0.1, 0.15) is 11.4 Å². The van der Waals surface area contributed by atoms with E-state index in [2.05, 4.69) is 20.3 Å². The second-order valence-corrected chi connectivity index (χ2v) is 4.80. The number of anilines is 1. The van der Waals surface area contributed by atoms with Crippen LogP contribution in [0.1, 0.15) is 16.2 Å². The van der Waals surface area contributed by atoms with Gasteiger partial charge in [0.05, 0.1) is 11.9 Å². The molecule has 6 nitrogen and oxygen atoms in total. The number of para-hydroxylation sites is 1. The molecule has 0 saturated heterocycles. The second-order valence-electron chi connectivity index (χ2n) is 4.80. The quantitative estimate of drug-likeness (QED) is 0.800. The van der Waals surface area contributed by atoms with Gasteiger partial charge in [-0.05, 0) is 25.1 Å². The third-order valence-electron chi connectivity index (χ3n) is 2.97. The van der Waals surface area contributed by atoms with Crippen molar-refractivity contribution in [3.05, 3.63) is 72.4 Å². The van der Waals surface area contributed by atoms with Gasteiger partial charge in [0.25, 0.3) is 5.91 Å². The molecule has 23 heavy (non-hydrogen) atoms. The molecule has 0 aliphatic heterocycles. The average Bonchev–Trinajstić information content (AvgIpc) is 2.57.